The Morgan fingerprint density at radius 1 is 1.11 bits per heavy atom. The Labute approximate surface area is 160 Å². The number of carbonyl (C=O) groups is 2. The second-order valence-electron chi connectivity index (χ2n) is 6.99. The largest absolute Gasteiger partial charge is 0.381 e. The van der Waals surface area contributed by atoms with Gasteiger partial charge in [0, 0.05) is 37.6 Å². The van der Waals surface area contributed by atoms with Gasteiger partial charge in [-0.25, -0.2) is 0 Å². The molecule has 1 fully saturated rings. The number of amides is 2. The quantitative estimate of drug-likeness (QED) is 0.878. The molecular formula is C22H26N2O3. The number of aryl methyl sites for hydroxylation is 1. The lowest BCUT2D eigenvalue weighted by Gasteiger charge is -2.33. The average Bonchev–Trinajstić information content (AvgIpc) is 2.64. The Balaban J connectivity index is 1.65. The zero-order chi connectivity index (χ0) is 19.2. The number of hydrogen-bond donors (Lipinski definition) is 1. The molecule has 1 N–H and O–H groups in total. The average molecular weight is 366 g/mol. The molecule has 3 rings (SSSR count). The molecule has 1 heterocycles. The monoisotopic (exact) mass is 366 g/mol. The van der Waals surface area contributed by atoms with E-state index in [1.165, 1.54) is 0 Å². The number of nitrogens with zero attached hydrogens (tertiary/aromatic N) is 1. The zero-order valence-electron chi connectivity index (χ0n) is 15.9. The Morgan fingerprint density at radius 3 is 2.44 bits per heavy atom. The van der Waals surface area contributed by atoms with E-state index in [0.29, 0.717) is 19.6 Å². The van der Waals surface area contributed by atoms with Crippen molar-refractivity contribution in [1.82, 2.24) is 0 Å². The van der Waals surface area contributed by atoms with Crippen molar-refractivity contribution in [2.24, 2.45) is 0 Å². The second kappa shape index (κ2) is 8.82. The van der Waals surface area contributed by atoms with E-state index in [4.69, 9.17) is 4.74 Å². The Morgan fingerprint density at radius 2 is 1.81 bits per heavy atom. The van der Waals surface area contributed by atoms with E-state index in [9.17, 15) is 9.59 Å². The molecule has 0 radical (unpaired) electrons. The number of hydrogen-bond acceptors (Lipinski definition) is 3. The first-order valence-corrected chi connectivity index (χ1v) is 9.36. The lowest BCUT2D eigenvalue weighted by molar-refractivity contribution is -0.117. The molecule has 0 bridgehead atoms. The maximum Gasteiger partial charge on any atom is 0.228 e. The second-order valence-corrected chi connectivity index (χ2v) is 6.99. The van der Waals surface area contributed by atoms with E-state index in [1.807, 2.05) is 60.4 Å². The zero-order valence-corrected chi connectivity index (χ0v) is 15.9. The lowest BCUT2D eigenvalue weighted by atomic mass is 10.1. The van der Waals surface area contributed by atoms with Crippen LogP contribution in [-0.4, -0.2) is 31.1 Å². The fraction of sp³-hybridized carbons (Fsp3) is 0.364. The molecule has 27 heavy (non-hydrogen) atoms. The van der Waals surface area contributed by atoms with E-state index >= 15 is 0 Å². The first kappa shape index (κ1) is 19.1. The van der Waals surface area contributed by atoms with Crippen LogP contribution >= 0.6 is 0 Å². The summed E-state index contributed by atoms with van der Waals surface area (Å²) in [6, 6.07) is 15.6. The van der Waals surface area contributed by atoms with E-state index < -0.39 is 0 Å². The third-order valence-electron chi connectivity index (χ3n) is 4.77. The number of benzene rings is 2. The SMILES string of the molecule is CC(=O)N(c1ccc(NC(=O)Cc2cccc(C)c2)cc1)C1CCOCC1. The molecule has 0 saturated carbocycles. The highest BCUT2D eigenvalue weighted by atomic mass is 16.5. The maximum absolute atomic E-state index is 12.3. The van der Waals surface area contributed by atoms with Gasteiger partial charge < -0.3 is 15.0 Å². The van der Waals surface area contributed by atoms with Gasteiger partial charge in [0.2, 0.25) is 11.8 Å². The Hall–Kier alpha value is -2.66. The van der Waals surface area contributed by atoms with Gasteiger partial charge in [0.15, 0.2) is 0 Å². The topological polar surface area (TPSA) is 58.6 Å². The molecule has 0 spiro atoms. The maximum atomic E-state index is 12.3. The third-order valence-corrected chi connectivity index (χ3v) is 4.77. The van der Waals surface area contributed by atoms with Crippen molar-refractivity contribution in [1.29, 1.82) is 0 Å². The highest BCUT2D eigenvalue weighted by molar-refractivity contribution is 5.94. The summed E-state index contributed by atoms with van der Waals surface area (Å²) in [6.45, 7) is 4.97. The first-order chi connectivity index (χ1) is 13.0. The molecule has 1 saturated heterocycles. The molecule has 142 valence electrons. The molecule has 0 unspecified atom stereocenters. The number of ether oxygens (including phenoxy) is 1. The van der Waals surface area contributed by atoms with Gasteiger partial charge in [-0.1, -0.05) is 29.8 Å². The fourth-order valence-electron chi connectivity index (χ4n) is 3.51. The van der Waals surface area contributed by atoms with Crippen molar-refractivity contribution in [3.05, 3.63) is 59.7 Å². The summed E-state index contributed by atoms with van der Waals surface area (Å²) in [7, 11) is 0. The highest BCUT2D eigenvalue weighted by Crippen LogP contribution is 2.25. The predicted octanol–water partition coefficient (Wildman–Crippen LogP) is 3.71. The van der Waals surface area contributed by atoms with Crippen LogP contribution in [0.2, 0.25) is 0 Å². The minimum Gasteiger partial charge on any atom is -0.381 e. The molecule has 1 aliphatic heterocycles. The smallest absolute Gasteiger partial charge is 0.228 e. The minimum absolute atomic E-state index is 0.0260. The van der Waals surface area contributed by atoms with Crippen molar-refractivity contribution in [3.63, 3.8) is 0 Å². The molecule has 0 atom stereocenters. The van der Waals surface area contributed by atoms with Crippen LogP contribution in [-0.2, 0) is 20.7 Å². The number of rotatable bonds is 5. The van der Waals surface area contributed by atoms with Crippen LogP contribution in [0.1, 0.15) is 30.9 Å². The molecule has 2 aromatic rings. The van der Waals surface area contributed by atoms with E-state index in [-0.39, 0.29) is 17.9 Å². The van der Waals surface area contributed by atoms with Crippen molar-refractivity contribution < 1.29 is 14.3 Å². The molecule has 1 aliphatic rings. The first-order valence-electron chi connectivity index (χ1n) is 9.36. The third kappa shape index (κ3) is 5.17. The van der Waals surface area contributed by atoms with Crippen LogP contribution in [0, 0.1) is 6.92 Å². The van der Waals surface area contributed by atoms with Crippen molar-refractivity contribution in [2.45, 2.75) is 39.2 Å². The van der Waals surface area contributed by atoms with Crippen molar-refractivity contribution in [3.8, 4) is 0 Å². The summed E-state index contributed by atoms with van der Waals surface area (Å²) < 4.78 is 5.40. The van der Waals surface area contributed by atoms with Crippen molar-refractivity contribution in [2.75, 3.05) is 23.4 Å². The molecular weight excluding hydrogens is 340 g/mol. The van der Waals surface area contributed by atoms with Crippen LogP contribution in [0.4, 0.5) is 11.4 Å². The van der Waals surface area contributed by atoms with Gasteiger partial charge in [-0.05, 0) is 49.6 Å². The van der Waals surface area contributed by atoms with Gasteiger partial charge in [0.1, 0.15) is 0 Å². The number of nitrogens with one attached hydrogen (secondary N) is 1. The molecule has 0 aromatic heterocycles. The standard InChI is InChI=1S/C22H26N2O3/c1-16-4-3-5-18(14-16)15-22(26)23-19-6-8-20(9-7-19)24(17(2)25)21-10-12-27-13-11-21/h3-9,14,21H,10-13,15H2,1-2H3,(H,23,26). The van der Waals surface area contributed by atoms with Crippen LogP contribution in [0.3, 0.4) is 0 Å². The predicted molar refractivity (Wildman–Crippen MR) is 107 cm³/mol. The summed E-state index contributed by atoms with van der Waals surface area (Å²) in [4.78, 5) is 26.3. The molecule has 2 amide bonds. The van der Waals surface area contributed by atoms with Gasteiger partial charge in [0.25, 0.3) is 0 Å². The Kier molecular flexibility index (Phi) is 6.24. The van der Waals surface area contributed by atoms with Gasteiger partial charge in [-0.15, -0.1) is 0 Å². The minimum atomic E-state index is -0.0544. The van der Waals surface area contributed by atoms with Gasteiger partial charge in [-0.2, -0.15) is 0 Å². The van der Waals surface area contributed by atoms with Gasteiger partial charge in [-0.3, -0.25) is 9.59 Å². The Bertz CT molecular complexity index is 795. The fourth-order valence-corrected chi connectivity index (χ4v) is 3.51. The van der Waals surface area contributed by atoms with Crippen molar-refractivity contribution >= 4 is 23.2 Å². The molecule has 0 aliphatic carbocycles. The molecule has 2 aromatic carbocycles. The summed E-state index contributed by atoms with van der Waals surface area (Å²) in [5.41, 5.74) is 3.71. The van der Waals surface area contributed by atoms with E-state index in [1.54, 1.807) is 6.92 Å². The molecule has 5 heteroatoms. The summed E-state index contributed by atoms with van der Waals surface area (Å²) in [5, 5.41) is 2.92. The van der Waals surface area contributed by atoms with Crippen LogP contribution in [0.15, 0.2) is 48.5 Å². The van der Waals surface area contributed by atoms with Gasteiger partial charge >= 0.3 is 0 Å². The van der Waals surface area contributed by atoms with Crippen LogP contribution in [0.25, 0.3) is 0 Å². The lowest BCUT2D eigenvalue weighted by Crippen LogP contribution is -2.42. The summed E-state index contributed by atoms with van der Waals surface area (Å²) in [6.07, 6.45) is 2.02. The van der Waals surface area contributed by atoms with Crippen LogP contribution in [0.5, 0.6) is 0 Å². The summed E-state index contributed by atoms with van der Waals surface area (Å²) >= 11 is 0. The summed E-state index contributed by atoms with van der Waals surface area (Å²) in [5.74, 6) is -0.0284. The number of anilines is 2. The molecule has 5 nitrogen and oxygen atoms in total. The number of carbonyl (C=O) groups excluding carboxylic acids is 2. The van der Waals surface area contributed by atoms with E-state index in [0.717, 1.165) is 35.3 Å². The van der Waals surface area contributed by atoms with Crippen LogP contribution < -0.4 is 10.2 Å². The highest BCUT2D eigenvalue weighted by Gasteiger charge is 2.24. The van der Waals surface area contributed by atoms with E-state index in [2.05, 4.69) is 5.32 Å². The normalized spacial score (nSPS) is 14.6. The van der Waals surface area contributed by atoms with Gasteiger partial charge in [0.05, 0.1) is 6.42 Å².